The van der Waals surface area contributed by atoms with Gasteiger partial charge in [0.1, 0.15) is 15.7 Å². The van der Waals surface area contributed by atoms with Gasteiger partial charge in [-0.1, -0.05) is 31.5 Å². The molecule has 2 aromatic rings. The molecule has 1 atom stereocenters. The molecule has 130 valence electrons. The van der Waals surface area contributed by atoms with Gasteiger partial charge in [-0.05, 0) is 39.2 Å². The molecule has 1 aliphatic rings. The summed E-state index contributed by atoms with van der Waals surface area (Å²) >= 11 is 3.32. The zero-order valence-corrected chi connectivity index (χ0v) is 16.3. The van der Waals surface area contributed by atoms with Crippen LogP contribution >= 0.6 is 23.1 Å². The first-order chi connectivity index (χ1) is 11.6. The first-order valence-electron chi connectivity index (χ1n) is 8.81. The van der Waals surface area contributed by atoms with Crippen molar-refractivity contribution in [1.82, 2.24) is 14.9 Å². The molecule has 3 heterocycles. The number of fused-ring (bicyclic) bond motifs is 1. The van der Waals surface area contributed by atoms with Gasteiger partial charge >= 0.3 is 0 Å². The Morgan fingerprint density at radius 2 is 2.00 bits per heavy atom. The number of aromatic nitrogens is 2. The third kappa shape index (κ3) is 3.91. The van der Waals surface area contributed by atoms with Crippen molar-refractivity contribution >= 4 is 39.2 Å². The highest BCUT2D eigenvalue weighted by molar-refractivity contribution is 8.00. The Balaban J connectivity index is 1.80. The van der Waals surface area contributed by atoms with Crippen molar-refractivity contribution in [2.24, 2.45) is 0 Å². The minimum Gasteiger partial charge on any atom is -0.342 e. The molecule has 6 heteroatoms. The summed E-state index contributed by atoms with van der Waals surface area (Å²) in [5, 5.41) is 1.94. The monoisotopic (exact) mass is 363 g/mol. The molecule has 0 radical (unpaired) electrons. The van der Waals surface area contributed by atoms with Crippen LogP contribution in [0.25, 0.3) is 10.2 Å². The number of nitrogens with zero attached hydrogens (tertiary/aromatic N) is 3. The molecular formula is C18H25N3OS2. The largest absolute Gasteiger partial charge is 0.342 e. The summed E-state index contributed by atoms with van der Waals surface area (Å²) in [5.74, 6) is 1.03. The van der Waals surface area contributed by atoms with Gasteiger partial charge in [-0.3, -0.25) is 4.79 Å². The molecule has 0 N–H and O–H groups in total. The van der Waals surface area contributed by atoms with Gasteiger partial charge in [0.2, 0.25) is 5.91 Å². The number of rotatable bonds is 4. The lowest BCUT2D eigenvalue weighted by Crippen LogP contribution is -2.37. The Labute approximate surface area is 152 Å². The van der Waals surface area contributed by atoms with Crippen molar-refractivity contribution in [3.8, 4) is 0 Å². The number of aryl methyl sites for hydroxylation is 2. The highest BCUT2D eigenvalue weighted by Gasteiger charge is 2.24. The second-order valence-electron chi connectivity index (χ2n) is 6.36. The predicted octanol–water partition coefficient (Wildman–Crippen LogP) is 4.45. The number of hydrogen-bond donors (Lipinski definition) is 0. The lowest BCUT2D eigenvalue weighted by atomic mass is 10.2. The molecular weight excluding hydrogens is 338 g/mol. The fourth-order valence-corrected chi connectivity index (χ4v) is 5.21. The summed E-state index contributed by atoms with van der Waals surface area (Å²) in [6, 6.07) is 2.19. The van der Waals surface area contributed by atoms with Gasteiger partial charge < -0.3 is 4.90 Å². The summed E-state index contributed by atoms with van der Waals surface area (Å²) in [6.45, 7) is 7.90. The zero-order chi connectivity index (χ0) is 17.1. The van der Waals surface area contributed by atoms with Crippen LogP contribution in [0.4, 0.5) is 0 Å². The van der Waals surface area contributed by atoms with Gasteiger partial charge in [-0.15, -0.1) is 11.3 Å². The molecule has 1 fully saturated rings. The molecule has 4 nitrogen and oxygen atoms in total. The Kier molecular flexibility index (Phi) is 5.76. The zero-order valence-electron chi connectivity index (χ0n) is 14.7. The van der Waals surface area contributed by atoms with Crippen LogP contribution in [0.5, 0.6) is 0 Å². The van der Waals surface area contributed by atoms with Crippen molar-refractivity contribution in [2.75, 3.05) is 13.1 Å². The molecule has 0 spiro atoms. The number of carbonyl (C=O) groups excluding carboxylic acids is 1. The van der Waals surface area contributed by atoms with E-state index in [2.05, 4.69) is 23.0 Å². The SMILES string of the molecule is CCc1cc2c(SC(C)C(=O)N3CCCCCC3)nc(C)nc2s1. The number of carbonyl (C=O) groups is 1. The summed E-state index contributed by atoms with van der Waals surface area (Å²) < 4.78 is 0. The molecule has 0 bridgehead atoms. The first kappa shape index (κ1) is 17.7. The van der Waals surface area contributed by atoms with Crippen molar-refractivity contribution < 1.29 is 4.79 Å². The average molecular weight is 364 g/mol. The number of thioether (sulfide) groups is 1. The van der Waals surface area contributed by atoms with Crippen LogP contribution in [-0.2, 0) is 11.2 Å². The van der Waals surface area contributed by atoms with E-state index in [0.29, 0.717) is 0 Å². The first-order valence-corrected chi connectivity index (χ1v) is 10.5. The predicted molar refractivity (Wildman–Crippen MR) is 102 cm³/mol. The van der Waals surface area contributed by atoms with E-state index in [4.69, 9.17) is 0 Å². The van der Waals surface area contributed by atoms with E-state index in [1.54, 1.807) is 23.1 Å². The van der Waals surface area contributed by atoms with E-state index in [9.17, 15) is 4.79 Å². The highest BCUT2D eigenvalue weighted by atomic mass is 32.2. The van der Waals surface area contributed by atoms with Gasteiger partial charge in [-0.2, -0.15) is 0 Å². The second kappa shape index (κ2) is 7.83. The number of amides is 1. The Hall–Kier alpha value is -1.14. The Morgan fingerprint density at radius 1 is 1.29 bits per heavy atom. The normalized spacial score (nSPS) is 17.0. The molecule has 3 rings (SSSR count). The number of hydrogen-bond acceptors (Lipinski definition) is 5. The maximum atomic E-state index is 12.8. The van der Waals surface area contributed by atoms with Gasteiger partial charge in [-0.25, -0.2) is 9.97 Å². The van der Waals surface area contributed by atoms with Crippen LogP contribution in [0.3, 0.4) is 0 Å². The summed E-state index contributed by atoms with van der Waals surface area (Å²) in [4.78, 5) is 26.4. The van der Waals surface area contributed by atoms with Gasteiger partial charge in [0.25, 0.3) is 0 Å². The standard InChI is InChI=1S/C18H25N3OS2/c1-4-14-11-15-16(19-13(3)20-17(15)24-14)23-12(2)18(22)21-9-7-5-6-8-10-21/h11-12H,4-10H2,1-3H3. The van der Waals surface area contributed by atoms with Crippen LogP contribution < -0.4 is 0 Å². The van der Waals surface area contributed by atoms with E-state index in [-0.39, 0.29) is 11.2 Å². The maximum absolute atomic E-state index is 12.8. The molecule has 0 saturated carbocycles. The lowest BCUT2D eigenvalue weighted by molar-refractivity contribution is -0.130. The van der Waals surface area contributed by atoms with Crippen LogP contribution in [-0.4, -0.2) is 39.1 Å². The third-order valence-electron chi connectivity index (χ3n) is 4.42. The van der Waals surface area contributed by atoms with Crippen LogP contribution in [0, 0.1) is 6.92 Å². The second-order valence-corrected chi connectivity index (χ2v) is 8.81. The topological polar surface area (TPSA) is 46.1 Å². The minimum absolute atomic E-state index is 0.106. The van der Waals surface area contributed by atoms with Crippen molar-refractivity contribution in [1.29, 1.82) is 0 Å². The average Bonchev–Trinajstić information content (AvgIpc) is 2.79. The molecule has 1 aliphatic heterocycles. The van der Waals surface area contributed by atoms with Crippen molar-refractivity contribution in [3.63, 3.8) is 0 Å². The van der Waals surface area contributed by atoms with Crippen molar-refractivity contribution in [3.05, 3.63) is 16.8 Å². The number of likely N-dealkylation sites (tertiary alicyclic amines) is 1. The summed E-state index contributed by atoms with van der Waals surface area (Å²) in [6.07, 6.45) is 5.75. The van der Waals surface area contributed by atoms with E-state index >= 15 is 0 Å². The third-order valence-corrected chi connectivity index (χ3v) is 6.69. The number of thiophene rings is 1. The minimum atomic E-state index is -0.106. The van der Waals surface area contributed by atoms with Gasteiger partial charge in [0.15, 0.2) is 0 Å². The molecule has 0 aromatic carbocycles. The molecule has 2 aromatic heterocycles. The molecule has 24 heavy (non-hydrogen) atoms. The Bertz CT molecular complexity index is 720. The highest BCUT2D eigenvalue weighted by Crippen LogP contribution is 2.34. The van der Waals surface area contributed by atoms with Crippen LogP contribution in [0.2, 0.25) is 0 Å². The summed E-state index contributed by atoms with van der Waals surface area (Å²) in [5.41, 5.74) is 0. The smallest absolute Gasteiger partial charge is 0.235 e. The quantitative estimate of drug-likeness (QED) is 0.595. The lowest BCUT2D eigenvalue weighted by Gasteiger charge is -2.23. The fraction of sp³-hybridized carbons (Fsp3) is 0.611. The molecule has 0 aliphatic carbocycles. The molecule has 1 unspecified atom stereocenters. The van der Waals surface area contributed by atoms with E-state index in [0.717, 1.165) is 53.4 Å². The van der Waals surface area contributed by atoms with Crippen molar-refractivity contribution in [2.45, 2.75) is 63.2 Å². The van der Waals surface area contributed by atoms with Gasteiger partial charge in [0, 0.05) is 23.4 Å². The van der Waals surface area contributed by atoms with Gasteiger partial charge in [0.05, 0.1) is 5.25 Å². The maximum Gasteiger partial charge on any atom is 0.235 e. The van der Waals surface area contributed by atoms with Crippen LogP contribution in [0.1, 0.15) is 50.2 Å². The van der Waals surface area contributed by atoms with Crippen LogP contribution in [0.15, 0.2) is 11.1 Å². The van der Waals surface area contributed by atoms with E-state index in [1.807, 2.05) is 18.7 Å². The Morgan fingerprint density at radius 3 is 2.67 bits per heavy atom. The fourth-order valence-electron chi connectivity index (χ4n) is 3.08. The van der Waals surface area contributed by atoms with E-state index < -0.39 is 0 Å². The summed E-state index contributed by atoms with van der Waals surface area (Å²) in [7, 11) is 0. The van der Waals surface area contributed by atoms with E-state index in [1.165, 1.54) is 17.7 Å². The molecule has 1 saturated heterocycles. The molecule has 1 amide bonds.